The van der Waals surface area contributed by atoms with Gasteiger partial charge < -0.3 is 10.4 Å². The molecule has 1 aliphatic rings. The maximum atomic E-state index is 12.3. The molecule has 0 saturated carbocycles. The van der Waals surface area contributed by atoms with Gasteiger partial charge in [-0.1, -0.05) is 36.4 Å². The molecule has 3 rings (SSSR count). The van der Waals surface area contributed by atoms with E-state index in [2.05, 4.69) is 5.32 Å². The highest BCUT2D eigenvalue weighted by Gasteiger charge is 2.40. The number of anilines is 1. The van der Waals surface area contributed by atoms with Crippen LogP contribution in [0.4, 0.5) is 5.69 Å². The monoisotopic (exact) mass is 312 g/mol. The first-order chi connectivity index (χ1) is 11.0. The van der Waals surface area contributed by atoms with E-state index in [9.17, 15) is 14.7 Å². The largest absolute Gasteiger partial charge is 0.481 e. The third-order valence-electron chi connectivity index (χ3n) is 4.50. The van der Waals surface area contributed by atoms with E-state index < -0.39 is 11.4 Å². The number of fused-ring (bicyclic) bond motifs is 1. The summed E-state index contributed by atoms with van der Waals surface area (Å²) < 4.78 is 0. The molecule has 1 fully saturated rings. The lowest BCUT2D eigenvalue weighted by atomic mass is 9.90. The zero-order valence-electron chi connectivity index (χ0n) is 13.1. The van der Waals surface area contributed by atoms with Crippen LogP contribution in [0.1, 0.15) is 13.3 Å². The fourth-order valence-electron chi connectivity index (χ4n) is 3.09. The molecule has 0 aromatic heterocycles. The van der Waals surface area contributed by atoms with Crippen LogP contribution in [0.5, 0.6) is 0 Å². The molecule has 2 aromatic carbocycles. The van der Waals surface area contributed by atoms with E-state index in [0.717, 1.165) is 16.5 Å². The molecule has 5 heteroatoms. The number of likely N-dealkylation sites (tertiary alicyclic amines) is 1. The van der Waals surface area contributed by atoms with E-state index in [-0.39, 0.29) is 12.5 Å². The molecule has 5 nitrogen and oxygen atoms in total. The Labute approximate surface area is 134 Å². The van der Waals surface area contributed by atoms with Gasteiger partial charge in [-0.05, 0) is 31.3 Å². The number of hydrogen-bond acceptors (Lipinski definition) is 3. The molecular formula is C18H20N2O3. The van der Waals surface area contributed by atoms with Crippen LogP contribution >= 0.6 is 0 Å². The van der Waals surface area contributed by atoms with Crippen molar-refractivity contribution in [2.45, 2.75) is 13.3 Å². The number of nitrogens with zero attached hydrogens (tertiary/aromatic N) is 1. The molecule has 2 aromatic rings. The highest BCUT2D eigenvalue weighted by Crippen LogP contribution is 2.30. The fourth-order valence-corrected chi connectivity index (χ4v) is 3.09. The van der Waals surface area contributed by atoms with Crippen LogP contribution in [0.2, 0.25) is 0 Å². The first kappa shape index (κ1) is 15.5. The number of carboxylic acids is 1. The summed E-state index contributed by atoms with van der Waals surface area (Å²) >= 11 is 0. The van der Waals surface area contributed by atoms with E-state index in [0.29, 0.717) is 19.5 Å². The van der Waals surface area contributed by atoms with Crippen molar-refractivity contribution in [1.29, 1.82) is 0 Å². The summed E-state index contributed by atoms with van der Waals surface area (Å²) in [5.41, 5.74) is 0.0352. The van der Waals surface area contributed by atoms with E-state index in [1.807, 2.05) is 47.4 Å². The predicted molar refractivity (Wildman–Crippen MR) is 89.4 cm³/mol. The number of carboxylic acid groups (broad SMARTS) is 1. The number of rotatable bonds is 4. The van der Waals surface area contributed by atoms with Crippen molar-refractivity contribution in [3.8, 4) is 0 Å². The first-order valence-corrected chi connectivity index (χ1v) is 7.71. The van der Waals surface area contributed by atoms with Gasteiger partial charge in [0.15, 0.2) is 0 Å². The molecule has 0 radical (unpaired) electrons. The van der Waals surface area contributed by atoms with E-state index >= 15 is 0 Å². The summed E-state index contributed by atoms with van der Waals surface area (Å²) in [5.74, 6) is -0.912. The van der Waals surface area contributed by atoms with Crippen molar-refractivity contribution in [2.75, 3.05) is 25.0 Å². The minimum absolute atomic E-state index is 0.115. The van der Waals surface area contributed by atoms with Gasteiger partial charge in [0.1, 0.15) is 0 Å². The Hall–Kier alpha value is -2.40. The van der Waals surface area contributed by atoms with Gasteiger partial charge in [-0.25, -0.2) is 0 Å². The van der Waals surface area contributed by atoms with E-state index in [4.69, 9.17) is 0 Å². The fraction of sp³-hybridized carbons (Fsp3) is 0.333. The zero-order valence-corrected chi connectivity index (χ0v) is 13.1. The average Bonchev–Trinajstić information content (AvgIpc) is 2.90. The standard InChI is InChI=1S/C18H20N2O3/c1-18(17(22)23)9-10-20(12-18)11-16(21)19-15-8-4-6-13-5-2-3-7-14(13)15/h2-8H,9-12H2,1H3,(H,19,21)(H,22,23). The van der Waals surface area contributed by atoms with Crippen molar-refractivity contribution in [1.82, 2.24) is 4.90 Å². The van der Waals surface area contributed by atoms with Crippen molar-refractivity contribution < 1.29 is 14.7 Å². The Morgan fingerprint density at radius 2 is 1.96 bits per heavy atom. The predicted octanol–water partition coefficient (Wildman–Crippen LogP) is 2.57. The molecular weight excluding hydrogens is 292 g/mol. The second-order valence-corrected chi connectivity index (χ2v) is 6.40. The summed E-state index contributed by atoms with van der Waals surface area (Å²) in [6.07, 6.45) is 0.573. The van der Waals surface area contributed by atoms with Gasteiger partial charge >= 0.3 is 5.97 Å². The highest BCUT2D eigenvalue weighted by molar-refractivity contribution is 6.02. The Morgan fingerprint density at radius 3 is 2.70 bits per heavy atom. The number of benzene rings is 2. The van der Waals surface area contributed by atoms with Gasteiger partial charge in [0, 0.05) is 17.6 Å². The number of hydrogen-bond donors (Lipinski definition) is 2. The van der Waals surface area contributed by atoms with Crippen LogP contribution in [0.25, 0.3) is 10.8 Å². The van der Waals surface area contributed by atoms with E-state index in [1.165, 1.54) is 0 Å². The van der Waals surface area contributed by atoms with Crippen molar-refractivity contribution >= 4 is 28.3 Å². The molecule has 0 bridgehead atoms. The molecule has 23 heavy (non-hydrogen) atoms. The number of nitrogens with one attached hydrogen (secondary N) is 1. The van der Waals surface area contributed by atoms with E-state index in [1.54, 1.807) is 6.92 Å². The Kier molecular flexibility index (Phi) is 4.05. The minimum Gasteiger partial charge on any atom is -0.481 e. The Bertz CT molecular complexity index is 754. The second kappa shape index (κ2) is 6.01. The first-order valence-electron chi connectivity index (χ1n) is 7.71. The molecule has 0 aliphatic carbocycles. The van der Waals surface area contributed by atoms with Gasteiger partial charge in [-0.2, -0.15) is 0 Å². The quantitative estimate of drug-likeness (QED) is 0.910. The van der Waals surface area contributed by atoms with Crippen LogP contribution in [0, 0.1) is 5.41 Å². The third-order valence-corrected chi connectivity index (χ3v) is 4.50. The van der Waals surface area contributed by atoms with Crippen LogP contribution in [-0.2, 0) is 9.59 Å². The molecule has 1 amide bonds. The highest BCUT2D eigenvalue weighted by atomic mass is 16.4. The maximum absolute atomic E-state index is 12.3. The van der Waals surface area contributed by atoms with Gasteiger partial charge in [0.05, 0.1) is 12.0 Å². The van der Waals surface area contributed by atoms with Gasteiger partial charge in [0.2, 0.25) is 5.91 Å². The lowest BCUT2D eigenvalue weighted by Crippen LogP contribution is -2.35. The van der Waals surface area contributed by atoms with Crippen molar-refractivity contribution in [3.63, 3.8) is 0 Å². The average molecular weight is 312 g/mol. The number of carbonyl (C=O) groups excluding carboxylic acids is 1. The van der Waals surface area contributed by atoms with Gasteiger partial charge in [-0.15, -0.1) is 0 Å². The lowest BCUT2D eigenvalue weighted by molar-refractivity contribution is -0.147. The molecule has 1 aliphatic heterocycles. The molecule has 1 unspecified atom stereocenters. The summed E-state index contributed by atoms with van der Waals surface area (Å²) in [7, 11) is 0. The number of aliphatic carboxylic acids is 1. The van der Waals surface area contributed by atoms with Crippen molar-refractivity contribution in [3.05, 3.63) is 42.5 Å². The lowest BCUT2D eigenvalue weighted by Gasteiger charge is -2.19. The summed E-state index contributed by atoms with van der Waals surface area (Å²) in [5, 5.41) is 14.3. The summed E-state index contributed by atoms with van der Waals surface area (Å²) in [6, 6.07) is 13.7. The van der Waals surface area contributed by atoms with Crippen LogP contribution in [0.3, 0.4) is 0 Å². The molecule has 120 valence electrons. The topological polar surface area (TPSA) is 69.6 Å². The molecule has 1 atom stereocenters. The normalized spacial score (nSPS) is 21.4. The summed E-state index contributed by atoms with van der Waals surface area (Å²) in [4.78, 5) is 25.5. The third kappa shape index (κ3) is 3.19. The second-order valence-electron chi connectivity index (χ2n) is 6.40. The smallest absolute Gasteiger partial charge is 0.310 e. The Morgan fingerprint density at radius 1 is 1.22 bits per heavy atom. The van der Waals surface area contributed by atoms with Crippen molar-refractivity contribution in [2.24, 2.45) is 5.41 Å². The molecule has 1 heterocycles. The Balaban J connectivity index is 1.67. The SMILES string of the molecule is CC1(C(=O)O)CCN(CC(=O)Nc2cccc3ccccc23)C1. The van der Waals surface area contributed by atoms with Crippen LogP contribution in [-0.4, -0.2) is 41.5 Å². The molecule has 0 spiro atoms. The number of amides is 1. The van der Waals surface area contributed by atoms with Gasteiger partial charge in [-0.3, -0.25) is 14.5 Å². The minimum atomic E-state index is -0.797. The maximum Gasteiger partial charge on any atom is 0.310 e. The summed E-state index contributed by atoms with van der Waals surface area (Å²) in [6.45, 7) is 2.99. The molecule has 1 saturated heterocycles. The van der Waals surface area contributed by atoms with Crippen LogP contribution < -0.4 is 5.32 Å². The molecule has 2 N–H and O–H groups in total. The number of carbonyl (C=O) groups is 2. The zero-order chi connectivity index (χ0) is 16.4. The van der Waals surface area contributed by atoms with Gasteiger partial charge in [0.25, 0.3) is 0 Å². The van der Waals surface area contributed by atoms with Crippen LogP contribution in [0.15, 0.2) is 42.5 Å².